The Labute approximate surface area is 172 Å². The number of aromatic nitrogens is 1. The van der Waals surface area contributed by atoms with Gasteiger partial charge in [0.25, 0.3) is 0 Å². The van der Waals surface area contributed by atoms with Crippen LogP contribution in [0.2, 0.25) is 0 Å². The summed E-state index contributed by atoms with van der Waals surface area (Å²) >= 11 is 0. The van der Waals surface area contributed by atoms with Gasteiger partial charge in [0.1, 0.15) is 0 Å². The Morgan fingerprint density at radius 3 is 2.55 bits per heavy atom. The second kappa shape index (κ2) is 8.66. The average Bonchev–Trinajstić information content (AvgIpc) is 3.06. The molecule has 0 atom stereocenters. The van der Waals surface area contributed by atoms with Gasteiger partial charge in [-0.1, -0.05) is 42.0 Å². The molecule has 4 heteroatoms. The van der Waals surface area contributed by atoms with E-state index < -0.39 is 0 Å². The van der Waals surface area contributed by atoms with Gasteiger partial charge in [-0.15, -0.1) is 0 Å². The van der Waals surface area contributed by atoms with Gasteiger partial charge in [-0.3, -0.25) is 9.69 Å². The fourth-order valence-electron chi connectivity index (χ4n) is 4.06. The predicted molar refractivity (Wildman–Crippen MR) is 120 cm³/mol. The van der Waals surface area contributed by atoms with E-state index in [2.05, 4.69) is 72.3 Å². The lowest BCUT2D eigenvalue weighted by Crippen LogP contribution is -2.48. The van der Waals surface area contributed by atoms with Crippen molar-refractivity contribution >= 4 is 22.9 Å². The normalized spacial score (nSPS) is 15.4. The molecule has 29 heavy (non-hydrogen) atoms. The second-order valence-corrected chi connectivity index (χ2v) is 7.95. The molecule has 0 saturated carbocycles. The summed E-state index contributed by atoms with van der Waals surface area (Å²) in [6.45, 7) is 8.68. The number of aryl methyl sites for hydroxylation is 2. The van der Waals surface area contributed by atoms with Crippen LogP contribution in [0.4, 0.5) is 0 Å². The van der Waals surface area contributed by atoms with Crippen molar-refractivity contribution in [3.05, 3.63) is 77.0 Å². The summed E-state index contributed by atoms with van der Waals surface area (Å²) in [5.41, 5.74) is 5.92. The number of carbonyl (C=O) groups excluding carboxylic acids is 1. The number of fused-ring (bicyclic) bond motifs is 1. The lowest BCUT2D eigenvalue weighted by molar-refractivity contribution is -0.127. The molecule has 3 aromatic rings. The molecule has 150 valence electrons. The predicted octanol–water partition coefficient (Wildman–Crippen LogP) is 4.18. The molecule has 1 aliphatic heterocycles. The number of nitrogens with zero attached hydrogens (tertiary/aromatic N) is 2. The van der Waals surface area contributed by atoms with Gasteiger partial charge in [0.05, 0.1) is 0 Å². The number of hydrogen-bond donors (Lipinski definition) is 1. The molecule has 0 unspecified atom stereocenters. The monoisotopic (exact) mass is 387 g/mol. The zero-order valence-electron chi connectivity index (χ0n) is 17.3. The maximum Gasteiger partial charge on any atom is 0.246 e. The molecular weight excluding hydrogens is 358 g/mol. The summed E-state index contributed by atoms with van der Waals surface area (Å²) in [5.74, 6) is 0.106. The van der Waals surface area contributed by atoms with Crippen LogP contribution >= 0.6 is 0 Å². The molecule has 4 nitrogen and oxygen atoms in total. The van der Waals surface area contributed by atoms with Crippen LogP contribution in [0.15, 0.2) is 54.6 Å². The van der Waals surface area contributed by atoms with E-state index in [1.165, 1.54) is 16.5 Å². The number of aromatic amines is 1. The van der Waals surface area contributed by atoms with Crippen LogP contribution in [0.5, 0.6) is 0 Å². The first-order valence-corrected chi connectivity index (χ1v) is 10.4. The van der Waals surface area contributed by atoms with Crippen molar-refractivity contribution in [2.45, 2.75) is 20.3 Å². The van der Waals surface area contributed by atoms with Gasteiger partial charge in [0.2, 0.25) is 5.91 Å². The molecule has 1 saturated heterocycles. The number of nitrogens with one attached hydrogen (secondary N) is 1. The third-order valence-electron chi connectivity index (χ3n) is 5.83. The molecule has 2 heterocycles. The summed E-state index contributed by atoms with van der Waals surface area (Å²) < 4.78 is 0. The summed E-state index contributed by atoms with van der Waals surface area (Å²) in [6, 6.07) is 17.0. The lowest BCUT2D eigenvalue weighted by Gasteiger charge is -2.34. The lowest BCUT2D eigenvalue weighted by atomic mass is 10.1. The molecule has 1 aliphatic rings. The van der Waals surface area contributed by atoms with Gasteiger partial charge in [0.15, 0.2) is 0 Å². The molecule has 1 amide bonds. The molecule has 0 radical (unpaired) electrons. The minimum atomic E-state index is 0.106. The zero-order valence-corrected chi connectivity index (χ0v) is 17.3. The van der Waals surface area contributed by atoms with Crippen LogP contribution in [-0.2, 0) is 11.2 Å². The number of carbonyl (C=O) groups is 1. The Hall–Kier alpha value is -2.85. The van der Waals surface area contributed by atoms with Crippen LogP contribution in [-0.4, -0.2) is 53.4 Å². The third kappa shape index (κ3) is 4.60. The van der Waals surface area contributed by atoms with Crippen LogP contribution in [0, 0.1) is 13.8 Å². The molecule has 4 rings (SSSR count). The van der Waals surface area contributed by atoms with Gasteiger partial charge in [0, 0.05) is 61.0 Å². The van der Waals surface area contributed by atoms with E-state index in [4.69, 9.17) is 0 Å². The molecule has 1 N–H and O–H groups in total. The van der Waals surface area contributed by atoms with Gasteiger partial charge in [-0.05, 0) is 44.0 Å². The standard InChI is InChI=1S/C25H29N3O/c1-19-8-10-24-23(18-19)22(20(2)26-24)9-11-25(29)28-16-14-27(15-17-28)13-12-21-6-4-3-5-7-21/h3-11,18,26H,12-17H2,1-2H3/b11-9+. The SMILES string of the molecule is Cc1ccc2[nH]c(C)c(/C=C/C(=O)N3CCN(CCc4ccccc4)CC3)c2c1. The summed E-state index contributed by atoms with van der Waals surface area (Å²) in [4.78, 5) is 20.5. The van der Waals surface area contributed by atoms with Crippen LogP contribution < -0.4 is 0 Å². The van der Waals surface area contributed by atoms with E-state index in [0.717, 1.165) is 55.9 Å². The number of piperazine rings is 1. The highest BCUT2D eigenvalue weighted by Gasteiger charge is 2.19. The Kier molecular flexibility index (Phi) is 5.81. The van der Waals surface area contributed by atoms with Crippen molar-refractivity contribution in [1.29, 1.82) is 0 Å². The number of hydrogen-bond acceptors (Lipinski definition) is 2. The molecule has 1 aromatic heterocycles. The van der Waals surface area contributed by atoms with Crippen LogP contribution in [0.3, 0.4) is 0 Å². The molecule has 2 aromatic carbocycles. The van der Waals surface area contributed by atoms with Gasteiger partial charge in [-0.2, -0.15) is 0 Å². The van der Waals surface area contributed by atoms with Gasteiger partial charge in [-0.25, -0.2) is 0 Å². The van der Waals surface area contributed by atoms with Gasteiger partial charge < -0.3 is 9.88 Å². The van der Waals surface area contributed by atoms with E-state index in [1.54, 1.807) is 6.08 Å². The molecule has 0 bridgehead atoms. The summed E-state index contributed by atoms with van der Waals surface area (Å²) in [6.07, 6.45) is 4.77. The first-order chi connectivity index (χ1) is 14.1. The first-order valence-electron chi connectivity index (χ1n) is 10.4. The van der Waals surface area contributed by atoms with Crippen molar-refractivity contribution in [2.24, 2.45) is 0 Å². The molecular formula is C25H29N3O. The summed E-state index contributed by atoms with van der Waals surface area (Å²) in [5, 5.41) is 1.18. The van der Waals surface area contributed by atoms with Crippen molar-refractivity contribution in [2.75, 3.05) is 32.7 Å². The number of benzene rings is 2. The van der Waals surface area contributed by atoms with Crippen molar-refractivity contribution < 1.29 is 4.79 Å². The van der Waals surface area contributed by atoms with Crippen molar-refractivity contribution in [1.82, 2.24) is 14.8 Å². The average molecular weight is 388 g/mol. The second-order valence-electron chi connectivity index (χ2n) is 7.95. The minimum absolute atomic E-state index is 0.106. The number of amides is 1. The summed E-state index contributed by atoms with van der Waals surface area (Å²) in [7, 11) is 0. The van der Waals surface area contributed by atoms with Crippen LogP contribution in [0.25, 0.3) is 17.0 Å². The van der Waals surface area contributed by atoms with E-state index in [0.29, 0.717) is 0 Å². The van der Waals surface area contributed by atoms with E-state index in [1.807, 2.05) is 11.0 Å². The fourth-order valence-corrected chi connectivity index (χ4v) is 4.06. The molecule has 0 aliphatic carbocycles. The Morgan fingerprint density at radius 2 is 1.79 bits per heavy atom. The largest absolute Gasteiger partial charge is 0.358 e. The maximum atomic E-state index is 12.7. The van der Waals surface area contributed by atoms with Gasteiger partial charge >= 0.3 is 0 Å². The van der Waals surface area contributed by atoms with E-state index in [9.17, 15) is 4.79 Å². The molecule has 0 spiro atoms. The highest BCUT2D eigenvalue weighted by Crippen LogP contribution is 2.24. The first kappa shape index (κ1) is 19.5. The number of rotatable bonds is 5. The minimum Gasteiger partial charge on any atom is -0.358 e. The van der Waals surface area contributed by atoms with E-state index in [-0.39, 0.29) is 5.91 Å². The highest BCUT2D eigenvalue weighted by atomic mass is 16.2. The fraction of sp³-hybridized carbons (Fsp3) is 0.320. The van der Waals surface area contributed by atoms with Crippen molar-refractivity contribution in [3.8, 4) is 0 Å². The Morgan fingerprint density at radius 1 is 1.03 bits per heavy atom. The highest BCUT2D eigenvalue weighted by molar-refractivity contribution is 5.97. The third-order valence-corrected chi connectivity index (χ3v) is 5.83. The molecule has 1 fully saturated rings. The van der Waals surface area contributed by atoms with Crippen molar-refractivity contribution in [3.63, 3.8) is 0 Å². The Balaban J connectivity index is 1.33. The quantitative estimate of drug-likeness (QED) is 0.667. The maximum absolute atomic E-state index is 12.7. The zero-order chi connectivity index (χ0) is 20.2. The number of H-pyrrole nitrogens is 1. The smallest absolute Gasteiger partial charge is 0.246 e. The Bertz CT molecular complexity index is 1010. The topological polar surface area (TPSA) is 39.3 Å². The van der Waals surface area contributed by atoms with E-state index >= 15 is 0 Å². The van der Waals surface area contributed by atoms with Crippen LogP contribution in [0.1, 0.15) is 22.4 Å².